The molecule has 2 heterocycles. The number of hydrogen-bond acceptors (Lipinski definition) is 7. The molecule has 0 saturated carbocycles. The number of carbonyl (C=O) groups is 1. The van der Waals surface area contributed by atoms with Crippen LogP contribution in [-0.2, 0) is 9.47 Å². The van der Waals surface area contributed by atoms with Gasteiger partial charge in [0.1, 0.15) is 11.5 Å². The number of amides is 1. The van der Waals surface area contributed by atoms with Gasteiger partial charge in [0.25, 0.3) is 5.91 Å². The first-order chi connectivity index (χ1) is 15.8. The number of anilines is 3. The van der Waals surface area contributed by atoms with Crippen molar-refractivity contribution >= 4 is 29.0 Å². The van der Waals surface area contributed by atoms with Gasteiger partial charge in [0.2, 0.25) is 5.90 Å². The molecule has 1 aliphatic rings. The Morgan fingerprint density at radius 2 is 2.00 bits per heavy atom. The van der Waals surface area contributed by atoms with Gasteiger partial charge in [-0.3, -0.25) is 10.2 Å². The number of aromatic nitrogens is 1. The molecule has 3 rings (SSSR count). The summed E-state index contributed by atoms with van der Waals surface area (Å²) in [5.74, 6) is -0.824. The maximum absolute atomic E-state index is 13.2. The van der Waals surface area contributed by atoms with E-state index in [0.717, 1.165) is 25.0 Å². The van der Waals surface area contributed by atoms with Gasteiger partial charge in [0, 0.05) is 30.4 Å². The number of carbonyl (C=O) groups excluding carboxylic acids is 1. The number of ether oxygens (including phenoxy) is 2. The molecule has 33 heavy (non-hydrogen) atoms. The molecule has 1 aromatic carbocycles. The van der Waals surface area contributed by atoms with Gasteiger partial charge in [-0.15, -0.1) is 0 Å². The molecular weight excluding hydrogens is 439 g/mol. The van der Waals surface area contributed by atoms with E-state index in [1.54, 1.807) is 25.1 Å². The standard InChI is InChI=1S/C22H24F3N5O3/c1-2-33-19(26)13-18(22(23,24)25)28-16-6-7-20(27-14-16)29-21(31)15-4-3-5-17(12-15)30-8-10-32-11-9-30/h3-7,12-14,26,28H,2,8-11H2,1H3,(H,27,29,31)/b18-13-,26-19?. The largest absolute Gasteiger partial charge is 0.478 e. The Morgan fingerprint density at radius 3 is 2.64 bits per heavy atom. The van der Waals surface area contributed by atoms with Gasteiger partial charge in [-0.05, 0) is 37.3 Å². The Kier molecular flexibility index (Phi) is 7.88. The van der Waals surface area contributed by atoms with Gasteiger partial charge < -0.3 is 25.0 Å². The summed E-state index contributed by atoms with van der Waals surface area (Å²) in [5, 5.41) is 12.3. The molecule has 1 aromatic heterocycles. The fourth-order valence-corrected chi connectivity index (χ4v) is 3.07. The number of nitrogens with zero attached hydrogens (tertiary/aromatic N) is 2. The van der Waals surface area contributed by atoms with Crippen LogP contribution in [0.5, 0.6) is 0 Å². The van der Waals surface area contributed by atoms with Crippen LogP contribution >= 0.6 is 0 Å². The van der Waals surface area contributed by atoms with E-state index >= 15 is 0 Å². The van der Waals surface area contributed by atoms with Gasteiger partial charge in [0.15, 0.2) is 0 Å². The molecule has 0 spiro atoms. The van der Waals surface area contributed by atoms with Crippen LogP contribution in [0.15, 0.2) is 54.4 Å². The van der Waals surface area contributed by atoms with Gasteiger partial charge >= 0.3 is 6.18 Å². The zero-order chi connectivity index (χ0) is 23.8. The van der Waals surface area contributed by atoms with E-state index < -0.39 is 17.8 Å². The summed E-state index contributed by atoms with van der Waals surface area (Å²) in [6.07, 6.45) is -3.01. The number of alkyl halides is 3. The highest BCUT2D eigenvalue weighted by molar-refractivity contribution is 6.04. The predicted molar refractivity (Wildman–Crippen MR) is 119 cm³/mol. The lowest BCUT2D eigenvalue weighted by atomic mass is 10.1. The second-order valence-electron chi connectivity index (χ2n) is 7.01. The van der Waals surface area contributed by atoms with E-state index in [1.165, 1.54) is 12.1 Å². The molecule has 0 atom stereocenters. The predicted octanol–water partition coefficient (Wildman–Crippen LogP) is 4.04. The molecule has 11 heteroatoms. The number of halogens is 3. The molecule has 0 bridgehead atoms. The fourth-order valence-electron chi connectivity index (χ4n) is 3.07. The third kappa shape index (κ3) is 6.94. The van der Waals surface area contributed by atoms with Gasteiger partial charge in [-0.25, -0.2) is 4.98 Å². The fraction of sp³-hybridized carbons (Fsp3) is 0.318. The number of rotatable bonds is 7. The zero-order valence-corrected chi connectivity index (χ0v) is 17.9. The lowest BCUT2D eigenvalue weighted by Crippen LogP contribution is -2.36. The summed E-state index contributed by atoms with van der Waals surface area (Å²) in [6, 6.07) is 9.86. The minimum Gasteiger partial charge on any atom is -0.478 e. The van der Waals surface area contributed by atoms with Crippen molar-refractivity contribution in [2.75, 3.05) is 48.4 Å². The molecular formula is C22H24F3N5O3. The topological polar surface area (TPSA) is 99.6 Å². The third-order valence-electron chi connectivity index (χ3n) is 4.65. The lowest BCUT2D eigenvalue weighted by Gasteiger charge is -2.29. The lowest BCUT2D eigenvalue weighted by molar-refractivity contribution is -0.0902. The van der Waals surface area contributed by atoms with E-state index in [4.69, 9.17) is 14.9 Å². The highest BCUT2D eigenvalue weighted by Crippen LogP contribution is 2.27. The molecule has 0 aliphatic carbocycles. The summed E-state index contributed by atoms with van der Waals surface area (Å²) >= 11 is 0. The maximum atomic E-state index is 13.2. The van der Waals surface area contributed by atoms with Crippen molar-refractivity contribution in [2.24, 2.45) is 0 Å². The number of pyridine rings is 1. The summed E-state index contributed by atoms with van der Waals surface area (Å²) in [7, 11) is 0. The highest BCUT2D eigenvalue weighted by atomic mass is 19.4. The second kappa shape index (κ2) is 10.8. The van der Waals surface area contributed by atoms with Gasteiger partial charge in [-0.2, -0.15) is 13.2 Å². The Balaban J connectivity index is 1.66. The smallest absolute Gasteiger partial charge is 0.431 e. The van der Waals surface area contributed by atoms with Crippen molar-refractivity contribution in [3.63, 3.8) is 0 Å². The highest BCUT2D eigenvalue weighted by Gasteiger charge is 2.34. The number of allylic oxidation sites excluding steroid dienone is 1. The summed E-state index contributed by atoms with van der Waals surface area (Å²) < 4.78 is 49.8. The molecule has 0 radical (unpaired) electrons. The number of morpholine rings is 1. The molecule has 1 fully saturated rings. The minimum absolute atomic E-state index is 0.0372. The van der Waals surface area contributed by atoms with Gasteiger partial charge in [0.05, 0.1) is 31.7 Å². The van der Waals surface area contributed by atoms with Gasteiger partial charge in [-0.1, -0.05) is 6.07 Å². The number of hydrogen-bond donors (Lipinski definition) is 3. The first kappa shape index (κ1) is 24.1. The number of benzene rings is 1. The Morgan fingerprint density at radius 1 is 1.24 bits per heavy atom. The van der Waals surface area contributed by atoms with E-state index in [9.17, 15) is 18.0 Å². The molecule has 1 aliphatic heterocycles. The number of nitrogens with one attached hydrogen (secondary N) is 3. The summed E-state index contributed by atoms with van der Waals surface area (Å²) in [6.45, 7) is 4.36. The Hall–Kier alpha value is -3.60. The van der Waals surface area contributed by atoms with Crippen LogP contribution in [-0.4, -0.2) is 55.9 Å². The second-order valence-corrected chi connectivity index (χ2v) is 7.01. The van der Waals surface area contributed by atoms with Crippen molar-refractivity contribution in [2.45, 2.75) is 13.1 Å². The average Bonchev–Trinajstić information content (AvgIpc) is 2.80. The van der Waals surface area contributed by atoms with Crippen molar-refractivity contribution in [3.8, 4) is 0 Å². The van der Waals surface area contributed by atoms with E-state index in [2.05, 4.69) is 20.5 Å². The summed E-state index contributed by atoms with van der Waals surface area (Å²) in [4.78, 5) is 18.7. The van der Waals surface area contributed by atoms with E-state index in [1.807, 2.05) is 6.07 Å². The zero-order valence-electron chi connectivity index (χ0n) is 17.9. The quantitative estimate of drug-likeness (QED) is 0.423. The maximum Gasteiger partial charge on any atom is 0.431 e. The molecule has 1 amide bonds. The van der Waals surface area contributed by atoms with Crippen LogP contribution in [0.3, 0.4) is 0 Å². The molecule has 2 aromatic rings. The van der Waals surface area contributed by atoms with E-state index in [-0.39, 0.29) is 24.0 Å². The van der Waals surface area contributed by atoms with Crippen molar-refractivity contribution in [1.29, 1.82) is 5.41 Å². The average molecular weight is 463 g/mol. The normalized spacial score (nSPS) is 14.5. The van der Waals surface area contributed by atoms with Crippen LogP contribution in [0.1, 0.15) is 17.3 Å². The molecule has 3 N–H and O–H groups in total. The summed E-state index contributed by atoms with van der Waals surface area (Å²) in [5.41, 5.74) is 0.205. The molecule has 176 valence electrons. The van der Waals surface area contributed by atoms with Crippen LogP contribution in [0, 0.1) is 5.41 Å². The van der Waals surface area contributed by atoms with Crippen molar-refractivity contribution in [1.82, 2.24) is 4.98 Å². The van der Waals surface area contributed by atoms with Crippen LogP contribution in [0.4, 0.5) is 30.4 Å². The van der Waals surface area contributed by atoms with Crippen molar-refractivity contribution < 1.29 is 27.4 Å². The monoisotopic (exact) mass is 463 g/mol. The van der Waals surface area contributed by atoms with Crippen LogP contribution in [0.25, 0.3) is 0 Å². The Labute approximate surface area is 188 Å². The molecule has 8 nitrogen and oxygen atoms in total. The van der Waals surface area contributed by atoms with Crippen LogP contribution < -0.4 is 15.5 Å². The van der Waals surface area contributed by atoms with E-state index in [0.29, 0.717) is 24.9 Å². The minimum atomic E-state index is -4.72. The molecule has 0 unspecified atom stereocenters. The van der Waals surface area contributed by atoms with Crippen LogP contribution in [0.2, 0.25) is 0 Å². The molecule has 1 saturated heterocycles. The third-order valence-corrected chi connectivity index (χ3v) is 4.65. The first-order valence-electron chi connectivity index (χ1n) is 10.2. The SMILES string of the molecule is CCOC(=N)/C=C(\Nc1ccc(NC(=O)c2cccc(N3CCOCC3)c2)nc1)C(F)(F)F. The first-order valence-corrected chi connectivity index (χ1v) is 10.2. The Bertz CT molecular complexity index is 1000. The van der Waals surface area contributed by atoms with Crippen molar-refractivity contribution in [3.05, 3.63) is 59.9 Å².